The number of hydrogen-bond donors (Lipinski definition) is 1. The summed E-state index contributed by atoms with van der Waals surface area (Å²) < 4.78 is 2.23. The van der Waals surface area contributed by atoms with Gasteiger partial charge in [0.2, 0.25) is 5.91 Å². The van der Waals surface area contributed by atoms with E-state index < -0.39 is 0 Å². The van der Waals surface area contributed by atoms with Crippen molar-refractivity contribution in [2.45, 2.75) is 52.2 Å². The molecule has 1 fully saturated rings. The standard InChI is InChI=1S/C20H28N4O/c1-4-10-24-11-9-21-20(24)14-23-12-18(19(13-23)22-16(3)25)17-7-5-15(2)6-8-17/h5-9,11,18-19H,4,10,12-14H2,1-3H3,(H,22,25)/t18-,19+/m0/s1. The smallest absolute Gasteiger partial charge is 0.217 e. The number of nitrogens with zero attached hydrogens (tertiary/aromatic N) is 3. The van der Waals surface area contributed by atoms with Crippen molar-refractivity contribution in [3.8, 4) is 0 Å². The highest BCUT2D eigenvalue weighted by Gasteiger charge is 2.34. The summed E-state index contributed by atoms with van der Waals surface area (Å²) in [6.07, 6.45) is 5.03. The molecule has 0 saturated carbocycles. The second-order valence-electron chi connectivity index (χ2n) is 7.06. The van der Waals surface area contributed by atoms with Gasteiger partial charge >= 0.3 is 0 Å². The Balaban J connectivity index is 1.75. The minimum atomic E-state index is 0.0384. The van der Waals surface area contributed by atoms with Crippen molar-refractivity contribution in [2.75, 3.05) is 13.1 Å². The number of amides is 1. The minimum Gasteiger partial charge on any atom is -0.352 e. The number of likely N-dealkylation sites (tertiary alicyclic amines) is 1. The van der Waals surface area contributed by atoms with Gasteiger partial charge in [0.25, 0.3) is 0 Å². The first-order chi connectivity index (χ1) is 12.1. The van der Waals surface area contributed by atoms with Crippen molar-refractivity contribution in [3.05, 3.63) is 53.6 Å². The average molecular weight is 340 g/mol. The van der Waals surface area contributed by atoms with Crippen LogP contribution in [0.15, 0.2) is 36.7 Å². The van der Waals surface area contributed by atoms with Crippen LogP contribution in [0.2, 0.25) is 0 Å². The molecule has 2 heterocycles. The molecule has 2 atom stereocenters. The topological polar surface area (TPSA) is 50.2 Å². The van der Waals surface area contributed by atoms with E-state index in [1.165, 1.54) is 11.1 Å². The van der Waals surface area contributed by atoms with Crippen molar-refractivity contribution < 1.29 is 4.79 Å². The summed E-state index contributed by atoms with van der Waals surface area (Å²) in [4.78, 5) is 18.6. The van der Waals surface area contributed by atoms with Gasteiger partial charge < -0.3 is 9.88 Å². The van der Waals surface area contributed by atoms with Crippen LogP contribution in [0.4, 0.5) is 0 Å². The molecule has 2 aromatic rings. The maximum atomic E-state index is 11.6. The third kappa shape index (κ3) is 4.28. The van der Waals surface area contributed by atoms with Crippen LogP contribution >= 0.6 is 0 Å². The van der Waals surface area contributed by atoms with Gasteiger partial charge in [0.1, 0.15) is 5.82 Å². The van der Waals surface area contributed by atoms with E-state index in [1.807, 2.05) is 6.20 Å². The predicted octanol–water partition coefficient (Wildman–Crippen LogP) is 2.71. The number of carbonyl (C=O) groups excluding carboxylic acids is 1. The van der Waals surface area contributed by atoms with E-state index in [-0.39, 0.29) is 11.9 Å². The molecule has 25 heavy (non-hydrogen) atoms. The van der Waals surface area contributed by atoms with E-state index in [9.17, 15) is 4.79 Å². The summed E-state index contributed by atoms with van der Waals surface area (Å²) in [5, 5.41) is 3.15. The molecular formula is C20H28N4O. The van der Waals surface area contributed by atoms with Crippen molar-refractivity contribution in [3.63, 3.8) is 0 Å². The monoisotopic (exact) mass is 340 g/mol. The van der Waals surface area contributed by atoms with Crippen LogP contribution in [-0.2, 0) is 17.9 Å². The second kappa shape index (κ2) is 7.83. The van der Waals surface area contributed by atoms with Crippen molar-refractivity contribution in [1.29, 1.82) is 0 Å². The van der Waals surface area contributed by atoms with Gasteiger partial charge in [-0.25, -0.2) is 4.98 Å². The molecule has 1 aliphatic rings. The first-order valence-electron chi connectivity index (χ1n) is 9.13. The van der Waals surface area contributed by atoms with Crippen LogP contribution in [-0.4, -0.2) is 39.5 Å². The minimum absolute atomic E-state index is 0.0384. The largest absolute Gasteiger partial charge is 0.352 e. The van der Waals surface area contributed by atoms with E-state index in [1.54, 1.807) is 6.92 Å². The Hall–Kier alpha value is -2.14. The highest BCUT2D eigenvalue weighted by Crippen LogP contribution is 2.29. The van der Waals surface area contributed by atoms with Crippen LogP contribution < -0.4 is 5.32 Å². The van der Waals surface area contributed by atoms with Crippen LogP contribution in [0.25, 0.3) is 0 Å². The average Bonchev–Trinajstić information content (AvgIpc) is 3.16. The zero-order valence-electron chi connectivity index (χ0n) is 15.4. The SMILES string of the molecule is CCCn1ccnc1CN1C[C@@H](NC(C)=O)[C@H](c2ccc(C)cc2)C1. The molecule has 0 unspecified atom stereocenters. The van der Waals surface area contributed by atoms with Crippen molar-refractivity contribution in [1.82, 2.24) is 19.8 Å². The fourth-order valence-electron chi connectivity index (χ4n) is 3.71. The van der Waals surface area contributed by atoms with Gasteiger partial charge in [0.05, 0.1) is 6.54 Å². The van der Waals surface area contributed by atoms with Gasteiger partial charge in [-0.1, -0.05) is 36.8 Å². The fourth-order valence-corrected chi connectivity index (χ4v) is 3.71. The van der Waals surface area contributed by atoms with Crippen LogP contribution in [0.5, 0.6) is 0 Å². The lowest BCUT2D eigenvalue weighted by molar-refractivity contribution is -0.119. The number of aromatic nitrogens is 2. The zero-order valence-corrected chi connectivity index (χ0v) is 15.4. The van der Waals surface area contributed by atoms with E-state index in [4.69, 9.17) is 0 Å². The van der Waals surface area contributed by atoms with E-state index in [2.05, 4.69) is 64.1 Å². The molecule has 1 aromatic heterocycles. The molecule has 134 valence electrons. The highest BCUT2D eigenvalue weighted by molar-refractivity contribution is 5.73. The molecule has 3 rings (SSSR count). The van der Waals surface area contributed by atoms with Gasteiger partial charge in [-0.05, 0) is 18.9 Å². The molecule has 0 spiro atoms. The molecule has 1 aromatic carbocycles. The number of rotatable bonds is 6. The van der Waals surface area contributed by atoms with Gasteiger partial charge in [-0.15, -0.1) is 0 Å². The Labute approximate surface area is 150 Å². The molecule has 1 saturated heterocycles. The van der Waals surface area contributed by atoms with Crippen LogP contribution in [0.1, 0.15) is 43.1 Å². The normalized spacial score (nSPS) is 20.8. The molecule has 0 radical (unpaired) electrons. The molecule has 5 heteroatoms. The van der Waals surface area contributed by atoms with E-state index in [0.717, 1.165) is 38.4 Å². The molecule has 5 nitrogen and oxygen atoms in total. The molecule has 1 aliphatic heterocycles. The summed E-state index contributed by atoms with van der Waals surface area (Å²) in [7, 11) is 0. The lowest BCUT2D eigenvalue weighted by atomic mass is 9.93. The van der Waals surface area contributed by atoms with Crippen LogP contribution in [0.3, 0.4) is 0 Å². The first-order valence-corrected chi connectivity index (χ1v) is 9.13. The molecule has 0 aliphatic carbocycles. The van der Waals surface area contributed by atoms with Crippen molar-refractivity contribution >= 4 is 5.91 Å². The molecule has 1 amide bonds. The second-order valence-corrected chi connectivity index (χ2v) is 7.06. The Kier molecular flexibility index (Phi) is 5.53. The molecule has 0 bridgehead atoms. The third-order valence-electron chi connectivity index (χ3n) is 4.92. The number of hydrogen-bond acceptors (Lipinski definition) is 3. The predicted molar refractivity (Wildman–Crippen MR) is 99.3 cm³/mol. The Morgan fingerprint density at radius 2 is 2.04 bits per heavy atom. The quantitative estimate of drug-likeness (QED) is 0.880. The van der Waals surface area contributed by atoms with E-state index >= 15 is 0 Å². The van der Waals surface area contributed by atoms with Crippen LogP contribution in [0, 0.1) is 6.92 Å². The summed E-state index contributed by atoms with van der Waals surface area (Å²) in [6.45, 7) is 9.50. The van der Waals surface area contributed by atoms with E-state index in [0.29, 0.717) is 5.92 Å². The van der Waals surface area contributed by atoms with Gasteiger partial charge in [-0.3, -0.25) is 9.69 Å². The van der Waals surface area contributed by atoms with Crippen molar-refractivity contribution in [2.24, 2.45) is 0 Å². The lowest BCUT2D eigenvalue weighted by Crippen LogP contribution is -2.38. The maximum absolute atomic E-state index is 11.6. The maximum Gasteiger partial charge on any atom is 0.217 e. The molecular weight excluding hydrogens is 312 g/mol. The summed E-state index contributed by atoms with van der Waals surface area (Å²) in [5.74, 6) is 1.46. The van der Waals surface area contributed by atoms with Gasteiger partial charge in [0.15, 0.2) is 0 Å². The highest BCUT2D eigenvalue weighted by atomic mass is 16.1. The lowest BCUT2D eigenvalue weighted by Gasteiger charge is -2.19. The Bertz CT molecular complexity index is 707. The molecule has 1 N–H and O–H groups in total. The Morgan fingerprint density at radius 1 is 1.28 bits per heavy atom. The zero-order chi connectivity index (χ0) is 17.8. The summed E-state index contributed by atoms with van der Waals surface area (Å²) in [6, 6.07) is 8.83. The van der Waals surface area contributed by atoms with Gasteiger partial charge in [-0.2, -0.15) is 0 Å². The Morgan fingerprint density at radius 3 is 2.72 bits per heavy atom. The third-order valence-corrected chi connectivity index (χ3v) is 4.92. The number of carbonyl (C=O) groups is 1. The number of benzene rings is 1. The summed E-state index contributed by atoms with van der Waals surface area (Å²) in [5.41, 5.74) is 2.56. The number of imidazole rings is 1. The number of nitrogens with one attached hydrogen (secondary N) is 1. The number of aryl methyl sites for hydroxylation is 2. The summed E-state index contributed by atoms with van der Waals surface area (Å²) >= 11 is 0. The first kappa shape index (κ1) is 17.7. The van der Waals surface area contributed by atoms with Gasteiger partial charge in [0, 0.05) is 50.9 Å². The fraction of sp³-hybridized carbons (Fsp3) is 0.500.